The van der Waals surface area contributed by atoms with E-state index < -0.39 is 0 Å². The summed E-state index contributed by atoms with van der Waals surface area (Å²) >= 11 is 0. The molecule has 0 aromatic carbocycles. The molecule has 1 aliphatic carbocycles. The Bertz CT molecular complexity index is 255. The van der Waals surface area contributed by atoms with E-state index in [0.29, 0.717) is 18.7 Å². The fourth-order valence-electron chi connectivity index (χ4n) is 2.84. The lowest BCUT2D eigenvalue weighted by atomic mass is 9.64. The standard InChI is InChI=1S/C15H32N2O2/c1-6-17(7-2)11-12(18)10-16-13-9-14(19-8-3)15(13,4)5/h12-14,16,18H,6-11H2,1-5H3. The summed E-state index contributed by atoms with van der Waals surface area (Å²) in [5, 5.41) is 13.5. The van der Waals surface area contributed by atoms with Crippen LogP contribution in [0.4, 0.5) is 0 Å². The summed E-state index contributed by atoms with van der Waals surface area (Å²) < 4.78 is 5.72. The van der Waals surface area contributed by atoms with E-state index in [0.717, 1.165) is 32.7 Å². The molecule has 1 aliphatic rings. The summed E-state index contributed by atoms with van der Waals surface area (Å²) in [7, 11) is 0. The van der Waals surface area contributed by atoms with Crippen LogP contribution in [0.5, 0.6) is 0 Å². The molecule has 2 N–H and O–H groups in total. The second-order valence-electron chi connectivity index (χ2n) is 6.10. The van der Waals surface area contributed by atoms with E-state index in [1.54, 1.807) is 0 Å². The maximum atomic E-state index is 10.1. The van der Waals surface area contributed by atoms with Crippen molar-refractivity contribution in [3.63, 3.8) is 0 Å². The molecule has 1 rings (SSSR count). The van der Waals surface area contributed by atoms with Gasteiger partial charge in [0, 0.05) is 31.2 Å². The smallest absolute Gasteiger partial charge is 0.0791 e. The van der Waals surface area contributed by atoms with Crippen molar-refractivity contribution in [1.29, 1.82) is 0 Å². The molecule has 4 heteroatoms. The van der Waals surface area contributed by atoms with Crippen molar-refractivity contribution in [2.75, 3.05) is 32.8 Å². The fourth-order valence-corrected chi connectivity index (χ4v) is 2.84. The first-order valence-electron chi connectivity index (χ1n) is 7.71. The number of hydrogen-bond donors (Lipinski definition) is 2. The van der Waals surface area contributed by atoms with Gasteiger partial charge in [0.05, 0.1) is 12.2 Å². The van der Waals surface area contributed by atoms with Crippen molar-refractivity contribution < 1.29 is 9.84 Å². The molecule has 0 radical (unpaired) electrons. The third-order valence-corrected chi connectivity index (χ3v) is 4.51. The van der Waals surface area contributed by atoms with Crippen molar-refractivity contribution in [1.82, 2.24) is 10.2 Å². The fraction of sp³-hybridized carbons (Fsp3) is 1.00. The first kappa shape index (κ1) is 16.9. The largest absolute Gasteiger partial charge is 0.390 e. The average Bonchev–Trinajstić information content (AvgIpc) is 2.39. The minimum Gasteiger partial charge on any atom is -0.390 e. The Labute approximate surface area is 118 Å². The molecular formula is C15H32N2O2. The first-order chi connectivity index (χ1) is 8.95. The zero-order valence-corrected chi connectivity index (χ0v) is 13.3. The zero-order chi connectivity index (χ0) is 14.5. The number of aliphatic hydroxyl groups excluding tert-OH is 1. The van der Waals surface area contributed by atoms with Crippen molar-refractivity contribution >= 4 is 0 Å². The van der Waals surface area contributed by atoms with E-state index in [2.05, 4.69) is 37.9 Å². The van der Waals surface area contributed by atoms with Crippen molar-refractivity contribution in [3.8, 4) is 0 Å². The summed E-state index contributed by atoms with van der Waals surface area (Å²) in [5.74, 6) is 0. The van der Waals surface area contributed by atoms with Gasteiger partial charge in [-0.25, -0.2) is 0 Å². The monoisotopic (exact) mass is 272 g/mol. The van der Waals surface area contributed by atoms with Gasteiger partial charge in [0.1, 0.15) is 0 Å². The van der Waals surface area contributed by atoms with E-state index in [4.69, 9.17) is 4.74 Å². The Morgan fingerprint density at radius 3 is 2.42 bits per heavy atom. The van der Waals surface area contributed by atoms with E-state index in [-0.39, 0.29) is 11.5 Å². The molecule has 3 atom stereocenters. The van der Waals surface area contributed by atoms with Gasteiger partial charge in [-0.2, -0.15) is 0 Å². The molecule has 0 amide bonds. The average molecular weight is 272 g/mol. The Morgan fingerprint density at radius 2 is 1.95 bits per heavy atom. The van der Waals surface area contributed by atoms with E-state index in [1.807, 2.05) is 6.92 Å². The topological polar surface area (TPSA) is 44.7 Å². The van der Waals surface area contributed by atoms with Crippen LogP contribution in [0.2, 0.25) is 0 Å². The maximum Gasteiger partial charge on any atom is 0.0791 e. The maximum absolute atomic E-state index is 10.1. The van der Waals surface area contributed by atoms with Crippen LogP contribution in [-0.4, -0.2) is 61.0 Å². The molecule has 0 aromatic heterocycles. The van der Waals surface area contributed by atoms with E-state index in [9.17, 15) is 5.11 Å². The molecule has 0 heterocycles. The van der Waals surface area contributed by atoms with Gasteiger partial charge in [-0.15, -0.1) is 0 Å². The van der Waals surface area contributed by atoms with Gasteiger partial charge in [-0.1, -0.05) is 27.7 Å². The molecule has 0 aliphatic heterocycles. The lowest BCUT2D eigenvalue weighted by Crippen LogP contribution is -2.62. The van der Waals surface area contributed by atoms with Crippen LogP contribution in [0.3, 0.4) is 0 Å². The quantitative estimate of drug-likeness (QED) is 0.667. The minimum absolute atomic E-state index is 0.172. The predicted molar refractivity (Wildman–Crippen MR) is 79.4 cm³/mol. The molecule has 114 valence electrons. The van der Waals surface area contributed by atoms with E-state index in [1.165, 1.54) is 0 Å². The SMILES string of the molecule is CCOC1CC(NCC(O)CN(CC)CC)C1(C)C. The van der Waals surface area contributed by atoms with Gasteiger partial charge in [0.25, 0.3) is 0 Å². The Hall–Kier alpha value is -0.160. The summed E-state index contributed by atoms with van der Waals surface area (Å²) in [4.78, 5) is 2.25. The first-order valence-corrected chi connectivity index (χ1v) is 7.71. The molecule has 0 spiro atoms. The molecule has 3 unspecified atom stereocenters. The van der Waals surface area contributed by atoms with Gasteiger partial charge < -0.3 is 20.1 Å². The zero-order valence-electron chi connectivity index (χ0n) is 13.3. The van der Waals surface area contributed by atoms with Gasteiger partial charge in [0.2, 0.25) is 0 Å². The molecule has 1 saturated carbocycles. The Kier molecular flexibility index (Phi) is 6.74. The second kappa shape index (κ2) is 7.58. The molecule has 0 aromatic rings. The number of nitrogens with one attached hydrogen (secondary N) is 1. The van der Waals surface area contributed by atoms with Crippen LogP contribution < -0.4 is 5.32 Å². The number of hydrogen-bond acceptors (Lipinski definition) is 4. The number of rotatable bonds is 9. The lowest BCUT2D eigenvalue weighted by Gasteiger charge is -2.52. The van der Waals surface area contributed by atoms with Crippen LogP contribution in [0.1, 0.15) is 41.0 Å². The van der Waals surface area contributed by atoms with Crippen LogP contribution in [0.15, 0.2) is 0 Å². The molecule has 0 saturated heterocycles. The lowest BCUT2D eigenvalue weighted by molar-refractivity contribution is -0.115. The van der Waals surface area contributed by atoms with Crippen LogP contribution in [0.25, 0.3) is 0 Å². The van der Waals surface area contributed by atoms with Crippen LogP contribution in [-0.2, 0) is 4.74 Å². The summed E-state index contributed by atoms with van der Waals surface area (Å²) in [6, 6.07) is 0.454. The summed E-state index contributed by atoms with van der Waals surface area (Å²) in [5.41, 5.74) is 0.172. The van der Waals surface area contributed by atoms with E-state index >= 15 is 0 Å². The number of ether oxygens (including phenoxy) is 1. The molecule has 0 bridgehead atoms. The van der Waals surface area contributed by atoms with Crippen molar-refractivity contribution in [3.05, 3.63) is 0 Å². The summed E-state index contributed by atoms with van der Waals surface area (Å²) in [6.45, 7) is 15.0. The molecule has 19 heavy (non-hydrogen) atoms. The highest BCUT2D eigenvalue weighted by Crippen LogP contribution is 2.42. The van der Waals surface area contributed by atoms with Crippen LogP contribution in [0, 0.1) is 5.41 Å². The minimum atomic E-state index is -0.290. The van der Waals surface area contributed by atoms with Crippen molar-refractivity contribution in [2.45, 2.75) is 59.3 Å². The third kappa shape index (κ3) is 4.42. The Morgan fingerprint density at radius 1 is 1.32 bits per heavy atom. The second-order valence-corrected chi connectivity index (χ2v) is 6.10. The molecule has 4 nitrogen and oxygen atoms in total. The highest BCUT2D eigenvalue weighted by atomic mass is 16.5. The normalized spacial score (nSPS) is 27.3. The highest BCUT2D eigenvalue weighted by molar-refractivity contribution is 5.02. The van der Waals surface area contributed by atoms with Gasteiger partial charge in [-0.3, -0.25) is 0 Å². The molecule has 1 fully saturated rings. The third-order valence-electron chi connectivity index (χ3n) is 4.51. The van der Waals surface area contributed by atoms with Gasteiger partial charge in [0.15, 0.2) is 0 Å². The Balaban J connectivity index is 2.26. The number of nitrogens with zero attached hydrogens (tertiary/aromatic N) is 1. The summed E-state index contributed by atoms with van der Waals surface area (Å²) in [6.07, 6.45) is 1.12. The van der Waals surface area contributed by atoms with Crippen molar-refractivity contribution in [2.24, 2.45) is 5.41 Å². The number of aliphatic hydroxyl groups is 1. The van der Waals surface area contributed by atoms with Gasteiger partial charge in [-0.05, 0) is 26.4 Å². The molecular weight excluding hydrogens is 240 g/mol. The highest BCUT2D eigenvalue weighted by Gasteiger charge is 2.48. The predicted octanol–water partition coefficient (Wildman–Crippen LogP) is 1.48. The van der Waals surface area contributed by atoms with Crippen LogP contribution >= 0.6 is 0 Å². The number of likely N-dealkylation sites (N-methyl/N-ethyl adjacent to an activating group) is 1. The van der Waals surface area contributed by atoms with Gasteiger partial charge >= 0.3 is 0 Å².